The van der Waals surface area contributed by atoms with Crippen LogP contribution in [0.1, 0.15) is 48.5 Å². The predicted molar refractivity (Wildman–Crippen MR) is 134 cm³/mol. The van der Waals surface area contributed by atoms with Crippen molar-refractivity contribution < 1.29 is 80.9 Å². The van der Waals surface area contributed by atoms with Gasteiger partial charge in [0.1, 0.15) is 31.5 Å². The van der Waals surface area contributed by atoms with Crippen molar-refractivity contribution in [3.8, 4) is 0 Å². The maximum atomic E-state index is 12.2. The van der Waals surface area contributed by atoms with Gasteiger partial charge in [0, 0.05) is 48.5 Å². The molecule has 2 aliphatic heterocycles. The highest BCUT2D eigenvalue weighted by atomic mass is 16.8. The van der Waals surface area contributed by atoms with Gasteiger partial charge in [0.05, 0.1) is 6.61 Å². The van der Waals surface area contributed by atoms with E-state index in [1.54, 1.807) is 0 Å². The molecule has 0 unspecified atom stereocenters. The van der Waals surface area contributed by atoms with E-state index >= 15 is 0 Å². The molecule has 0 bridgehead atoms. The van der Waals surface area contributed by atoms with Gasteiger partial charge in [0.2, 0.25) is 0 Å². The highest BCUT2D eigenvalue weighted by molar-refractivity contribution is 5.69. The first-order valence-corrected chi connectivity index (χ1v) is 13.1. The van der Waals surface area contributed by atoms with Gasteiger partial charge < -0.3 is 47.4 Å². The standard InChI is InChI=1S/C26H36O17/c1-11(27)34-8-18-21(22(38-14(4)30)19(10-36-18)37-13(3)29)43-26-25(41-17(7)33)24(40-16(6)32)23(39-15(5)31)20(42-26)9-35-12(2)28/h18-26H,8-10H2,1-7H3/t18-,19+,20-,21-,22-,23-,24+,25-,26-/m1/s1. The molecule has 0 amide bonds. The minimum absolute atomic E-state index is 0.290. The fraction of sp³-hybridized carbons (Fsp3) is 0.731. The number of carbonyl (C=O) groups is 7. The SMILES string of the molecule is CC(=O)OC[C@H]1O[C@H](O[C@H]2[C@H](OC(C)=O)[C@@H](OC(C)=O)CO[C@@H]2COC(C)=O)[C@H](OC(C)=O)[C@@H](OC(C)=O)[C@@H]1OC(C)=O. The molecule has 0 spiro atoms. The van der Waals surface area contributed by atoms with E-state index in [1.807, 2.05) is 0 Å². The monoisotopic (exact) mass is 620 g/mol. The second-order valence-corrected chi connectivity index (χ2v) is 9.56. The average molecular weight is 621 g/mol. The van der Waals surface area contributed by atoms with Crippen LogP contribution in [0.2, 0.25) is 0 Å². The third-order valence-corrected chi connectivity index (χ3v) is 5.84. The van der Waals surface area contributed by atoms with Gasteiger partial charge in [-0.3, -0.25) is 33.6 Å². The number of ether oxygens (including phenoxy) is 10. The molecule has 2 heterocycles. The second kappa shape index (κ2) is 16.1. The Bertz CT molecular complexity index is 1060. The Morgan fingerprint density at radius 2 is 0.953 bits per heavy atom. The lowest BCUT2D eigenvalue weighted by Gasteiger charge is -2.47. The van der Waals surface area contributed by atoms with E-state index in [1.165, 1.54) is 0 Å². The van der Waals surface area contributed by atoms with Crippen LogP contribution in [0.25, 0.3) is 0 Å². The summed E-state index contributed by atoms with van der Waals surface area (Å²) in [6.45, 7) is 6.37. The Morgan fingerprint density at radius 1 is 0.512 bits per heavy atom. The summed E-state index contributed by atoms with van der Waals surface area (Å²) in [4.78, 5) is 83.3. The lowest BCUT2D eigenvalue weighted by Crippen LogP contribution is -2.66. The fourth-order valence-electron chi connectivity index (χ4n) is 4.44. The molecule has 0 aromatic heterocycles. The number of hydrogen-bond donors (Lipinski definition) is 0. The molecule has 0 radical (unpaired) electrons. The molecule has 17 nitrogen and oxygen atoms in total. The summed E-state index contributed by atoms with van der Waals surface area (Å²) in [5, 5.41) is 0. The Kier molecular flexibility index (Phi) is 13.3. The van der Waals surface area contributed by atoms with Crippen molar-refractivity contribution in [2.24, 2.45) is 0 Å². The summed E-state index contributed by atoms with van der Waals surface area (Å²) in [6, 6.07) is 0. The van der Waals surface area contributed by atoms with Crippen LogP contribution in [0.3, 0.4) is 0 Å². The third-order valence-electron chi connectivity index (χ3n) is 5.84. The van der Waals surface area contributed by atoms with E-state index in [4.69, 9.17) is 47.4 Å². The van der Waals surface area contributed by atoms with Gasteiger partial charge in [-0.05, 0) is 0 Å². The van der Waals surface area contributed by atoms with Crippen LogP contribution in [0.15, 0.2) is 0 Å². The molecule has 0 aromatic carbocycles. The van der Waals surface area contributed by atoms with Crippen LogP contribution in [0.5, 0.6) is 0 Å². The van der Waals surface area contributed by atoms with Crippen molar-refractivity contribution in [1.29, 1.82) is 0 Å². The minimum atomic E-state index is -1.71. The maximum Gasteiger partial charge on any atom is 0.303 e. The van der Waals surface area contributed by atoms with Crippen LogP contribution in [-0.4, -0.2) is 117 Å². The predicted octanol–water partition coefficient (Wildman–Crippen LogP) is -0.720. The van der Waals surface area contributed by atoms with Gasteiger partial charge in [0.25, 0.3) is 0 Å². The van der Waals surface area contributed by atoms with E-state index < -0.39 is 110 Å². The summed E-state index contributed by atoms with van der Waals surface area (Å²) >= 11 is 0. The van der Waals surface area contributed by atoms with Crippen LogP contribution in [-0.2, 0) is 80.9 Å². The largest absolute Gasteiger partial charge is 0.463 e. The Hall–Kier alpha value is -3.83. The van der Waals surface area contributed by atoms with Gasteiger partial charge in [-0.25, -0.2) is 0 Å². The average Bonchev–Trinajstić information content (AvgIpc) is 2.86. The zero-order valence-electron chi connectivity index (χ0n) is 24.8. The lowest BCUT2D eigenvalue weighted by atomic mass is 9.96. The molecule has 43 heavy (non-hydrogen) atoms. The molecule has 0 aliphatic carbocycles. The summed E-state index contributed by atoms with van der Waals surface area (Å²) in [7, 11) is 0. The summed E-state index contributed by atoms with van der Waals surface area (Å²) in [5.41, 5.74) is 0. The van der Waals surface area contributed by atoms with E-state index in [0.717, 1.165) is 48.5 Å². The fourth-order valence-corrected chi connectivity index (χ4v) is 4.44. The number of carbonyl (C=O) groups excluding carboxylic acids is 7. The molecular weight excluding hydrogens is 584 g/mol. The number of esters is 7. The van der Waals surface area contributed by atoms with Gasteiger partial charge in [-0.1, -0.05) is 0 Å². The van der Waals surface area contributed by atoms with Gasteiger partial charge in [-0.15, -0.1) is 0 Å². The van der Waals surface area contributed by atoms with Crippen molar-refractivity contribution in [1.82, 2.24) is 0 Å². The summed E-state index contributed by atoms with van der Waals surface area (Å²) < 4.78 is 54.8. The Labute approximate surface area is 246 Å². The number of rotatable bonds is 11. The zero-order chi connectivity index (χ0) is 32.4. The lowest BCUT2D eigenvalue weighted by molar-refractivity contribution is -0.340. The molecule has 242 valence electrons. The molecule has 0 N–H and O–H groups in total. The van der Waals surface area contributed by atoms with Crippen molar-refractivity contribution in [3.05, 3.63) is 0 Å². The minimum Gasteiger partial charge on any atom is -0.463 e. The van der Waals surface area contributed by atoms with Crippen LogP contribution >= 0.6 is 0 Å². The van der Waals surface area contributed by atoms with Crippen molar-refractivity contribution in [2.45, 2.75) is 104 Å². The number of hydrogen-bond acceptors (Lipinski definition) is 17. The first-order chi connectivity index (χ1) is 20.1. The van der Waals surface area contributed by atoms with Crippen molar-refractivity contribution >= 4 is 41.8 Å². The quantitative estimate of drug-likeness (QED) is 0.206. The molecule has 2 fully saturated rings. The van der Waals surface area contributed by atoms with Gasteiger partial charge >= 0.3 is 41.8 Å². The first-order valence-electron chi connectivity index (χ1n) is 13.1. The zero-order valence-corrected chi connectivity index (χ0v) is 24.8. The van der Waals surface area contributed by atoms with Crippen LogP contribution < -0.4 is 0 Å². The summed E-state index contributed by atoms with van der Waals surface area (Å²) in [6.07, 6.45) is -12.9. The molecule has 17 heteroatoms. The third kappa shape index (κ3) is 11.1. The van der Waals surface area contributed by atoms with Crippen molar-refractivity contribution in [2.75, 3.05) is 19.8 Å². The molecule has 2 saturated heterocycles. The highest BCUT2D eigenvalue weighted by Gasteiger charge is 2.56. The van der Waals surface area contributed by atoms with Crippen LogP contribution in [0.4, 0.5) is 0 Å². The van der Waals surface area contributed by atoms with Gasteiger partial charge in [-0.2, -0.15) is 0 Å². The van der Waals surface area contributed by atoms with E-state index in [-0.39, 0.29) is 6.61 Å². The Balaban J connectivity index is 2.62. The van der Waals surface area contributed by atoms with E-state index in [2.05, 4.69) is 0 Å². The Morgan fingerprint density at radius 3 is 1.44 bits per heavy atom. The highest BCUT2D eigenvalue weighted by Crippen LogP contribution is 2.33. The topological polar surface area (TPSA) is 212 Å². The molecule has 0 aromatic rings. The van der Waals surface area contributed by atoms with Crippen LogP contribution in [0, 0.1) is 0 Å². The van der Waals surface area contributed by atoms with Gasteiger partial charge in [0.15, 0.2) is 36.8 Å². The molecule has 2 aliphatic rings. The summed E-state index contributed by atoms with van der Waals surface area (Å²) in [5.74, 6) is -5.53. The normalized spacial score (nSPS) is 30.2. The van der Waals surface area contributed by atoms with E-state index in [0.29, 0.717) is 0 Å². The smallest absolute Gasteiger partial charge is 0.303 e. The van der Waals surface area contributed by atoms with E-state index in [9.17, 15) is 33.6 Å². The molecule has 2 rings (SSSR count). The maximum absolute atomic E-state index is 12.2. The molecular formula is C26H36O17. The second-order valence-electron chi connectivity index (χ2n) is 9.56. The molecule has 9 atom stereocenters. The molecule has 0 saturated carbocycles. The van der Waals surface area contributed by atoms with Crippen molar-refractivity contribution in [3.63, 3.8) is 0 Å². The first kappa shape index (κ1) is 35.4.